The summed E-state index contributed by atoms with van der Waals surface area (Å²) in [6.45, 7) is 4.53. The Morgan fingerprint density at radius 3 is 2.46 bits per heavy atom. The summed E-state index contributed by atoms with van der Waals surface area (Å²) >= 11 is 3.33. The van der Waals surface area contributed by atoms with Gasteiger partial charge < -0.3 is 0 Å². The van der Waals surface area contributed by atoms with Gasteiger partial charge in [-0.25, -0.2) is 9.97 Å². The Kier molecular flexibility index (Phi) is 2.37. The van der Waals surface area contributed by atoms with Crippen molar-refractivity contribution in [1.82, 2.24) is 9.97 Å². The van der Waals surface area contributed by atoms with Gasteiger partial charge in [-0.1, -0.05) is 13.8 Å². The molecule has 3 heteroatoms. The van der Waals surface area contributed by atoms with Crippen molar-refractivity contribution in [2.24, 2.45) is 11.8 Å². The molecule has 0 aromatic carbocycles. The van der Waals surface area contributed by atoms with Gasteiger partial charge in [0.15, 0.2) is 0 Å². The van der Waals surface area contributed by atoms with Crippen molar-refractivity contribution < 1.29 is 0 Å². The fourth-order valence-electron chi connectivity index (χ4n) is 1.76. The lowest BCUT2D eigenvalue weighted by Crippen LogP contribution is -1.96. The van der Waals surface area contributed by atoms with E-state index >= 15 is 0 Å². The maximum Gasteiger partial charge on any atom is 0.131 e. The average Bonchev–Trinajstić information content (AvgIpc) is 2.85. The zero-order valence-electron chi connectivity index (χ0n) is 7.87. The highest BCUT2D eigenvalue weighted by molar-refractivity contribution is 9.10. The quantitative estimate of drug-likeness (QED) is 0.795. The lowest BCUT2D eigenvalue weighted by atomic mass is 10.1. The Bertz CT molecular complexity index is 294. The Hall–Kier alpha value is -0.440. The van der Waals surface area contributed by atoms with Crippen molar-refractivity contribution in [3.63, 3.8) is 0 Å². The van der Waals surface area contributed by atoms with Crippen LogP contribution in [0.2, 0.25) is 0 Å². The average molecular weight is 241 g/mol. The molecule has 2 rings (SSSR count). The second-order valence-corrected chi connectivity index (χ2v) is 4.93. The van der Waals surface area contributed by atoms with Gasteiger partial charge in [0.2, 0.25) is 0 Å². The first kappa shape index (κ1) is 9.13. The van der Waals surface area contributed by atoms with Crippen LogP contribution in [0.3, 0.4) is 0 Å². The van der Waals surface area contributed by atoms with Crippen molar-refractivity contribution in [3.05, 3.63) is 22.7 Å². The second kappa shape index (κ2) is 3.37. The smallest absolute Gasteiger partial charge is 0.131 e. The highest BCUT2D eigenvalue weighted by Gasteiger charge is 2.42. The molecule has 2 nitrogen and oxygen atoms in total. The van der Waals surface area contributed by atoms with Crippen molar-refractivity contribution in [2.45, 2.75) is 26.2 Å². The number of nitrogens with zero attached hydrogens (tertiary/aromatic N) is 2. The zero-order valence-corrected chi connectivity index (χ0v) is 9.45. The summed E-state index contributed by atoms with van der Waals surface area (Å²) in [6, 6.07) is 0. The molecule has 2 atom stereocenters. The van der Waals surface area contributed by atoms with Crippen LogP contribution >= 0.6 is 15.9 Å². The molecular weight excluding hydrogens is 228 g/mol. The predicted octanol–water partition coefficient (Wildman–Crippen LogP) is 3.00. The van der Waals surface area contributed by atoms with Crippen molar-refractivity contribution in [1.29, 1.82) is 0 Å². The molecule has 1 heterocycles. The third-order valence-electron chi connectivity index (χ3n) is 2.67. The van der Waals surface area contributed by atoms with Crippen LogP contribution in [0.4, 0.5) is 0 Å². The summed E-state index contributed by atoms with van der Waals surface area (Å²) in [5.41, 5.74) is 0. The van der Waals surface area contributed by atoms with E-state index in [9.17, 15) is 0 Å². The second-order valence-electron chi connectivity index (χ2n) is 4.01. The molecule has 1 aromatic rings. The molecule has 0 saturated heterocycles. The van der Waals surface area contributed by atoms with Gasteiger partial charge in [0.25, 0.3) is 0 Å². The maximum atomic E-state index is 4.31. The number of halogens is 1. The standard InChI is InChI=1S/C10H13BrN2/c1-6(2)8-3-9(8)10-12-4-7(11)5-13-10/h4-6,8-9H,3H2,1-2H3/t8-,9+/m1/s1. The minimum Gasteiger partial charge on any atom is -0.240 e. The minimum absolute atomic E-state index is 0.619. The van der Waals surface area contributed by atoms with Gasteiger partial charge in [0, 0.05) is 18.3 Å². The molecule has 1 aromatic heterocycles. The lowest BCUT2D eigenvalue weighted by molar-refractivity contribution is 0.543. The summed E-state index contributed by atoms with van der Waals surface area (Å²) in [4.78, 5) is 8.63. The SMILES string of the molecule is CC(C)[C@H]1C[C@@H]1c1ncc(Br)cn1. The van der Waals surface area contributed by atoms with E-state index in [-0.39, 0.29) is 0 Å². The van der Waals surface area contributed by atoms with E-state index in [4.69, 9.17) is 0 Å². The van der Waals surface area contributed by atoms with E-state index in [0.717, 1.165) is 22.1 Å². The molecular formula is C10H13BrN2. The zero-order chi connectivity index (χ0) is 9.42. The first-order valence-corrected chi connectivity index (χ1v) is 5.45. The molecule has 0 N–H and O–H groups in total. The highest BCUT2D eigenvalue weighted by atomic mass is 79.9. The van der Waals surface area contributed by atoms with Crippen LogP contribution in [0, 0.1) is 11.8 Å². The van der Waals surface area contributed by atoms with Crippen molar-refractivity contribution in [3.8, 4) is 0 Å². The number of rotatable bonds is 2. The molecule has 1 saturated carbocycles. The van der Waals surface area contributed by atoms with E-state index in [0.29, 0.717) is 5.92 Å². The summed E-state index contributed by atoms with van der Waals surface area (Å²) in [6.07, 6.45) is 4.93. The molecule has 1 aliphatic rings. The topological polar surface area (TPSA) is 25.8 Å². The van der Waals surface area contributed by atoms with Gasteiger partial charge in [-0.05, 0) is 34.2 Å². The number of hydrogen-bond acceptors (Lipinski definition) is 2. The fourth-order valence-corrected chi connectivity index (χ4v) is 1.97. The molecule has 1 aliphatic carbocycles. The first-order chi connectivity index (χ1) is 6.18. The van der Waals surface area contributed by atoms with E-state index in [1.807, 2.05) is 12.4 Å². The fraction of sp³-hybridized carbons (Fsp3) is 0.600. The van der Waals surface area contributed by atoms with E-state index in [1.54, 1.807) is 0 Å². The summed E-state index contributed by atoms with van der Waals surface area (Å²) in [5, 5.41) is 0. The van der Waals surface area contributed by atoms with E-state index in [2.05, 4.69) is 39.7 Å². The third kappa shape index (κ3) is 1.90. The molecule has 1 fully saturated rings. The first-order valence-electron chi connectivity index (χ1n) is 4.66. The van der Waals surface area contributed by atoms with Gasteiger partial charge in [-0.15, -0.1) is 0 Å². The molecule has 0 aliphatic heterocycles. The van der Waals surface area contributed by atoms with Crippen molar-refractivity contribution >= 4 is 15.9 Å². The van der Waals surface area contributed by atoms with Crippen LogP contribution in [0.1, 0.15) is 32.0 Å². The van der Waals surface area contributed by atoms with Crippen LogP contribution in [0.25, 0.3) is 0 Å². The molecule has 0 unspecified atom stereocenters. The number of hydrogen-bond donors (Lipinski definition) is 0. The Balaban J connectivity index is 2.08. The van der Waals surface area contributed by atoms with Crippen LogP contribution in [-0.2, 0) is 0 Å². The van der Waals surface area contributed by atoms with Gasteiger partial charge in [0.05, 0.1) is 4.47 Å². The largest absolute Gasteiger partial charge is 0.240 e. The predicted molar refractivity (Wildman–Crippen MR) is 55.4 cm³/mol. The lowest BCUT2D eigenvalue weighted by Gasteiger charge is -2.01. The van der Waals surface area contributed by atoms with Gasteiger partial charge >= 0.3 is 0 Å². The molecule has 13 heavy (non-hydrogen) atoms. The van der Waals surface area contributed by atoms with Crippen molar-refractivity contribution in [2.75, 3.05) is 0 Å². The molecule has 0 amide bonds. The third-order valence-corrected chi connectivity index (χ3v) is 3.08. The summed E-state index contributed by atoms with van der Waals surface area (Å²) in [5.74, 6) is 3.20. The molecule has 0 spiro atoms. The van der Waals surface area contributed by atoms with Crippen LogP contribution < -0.4 is 0 Å². The van der Waals surface area contributed by atoms with E-state index < -0.39 is 0 Å². The van der Waals surface area contributed by atoms with Gasteiger partial charge in [-0.2, -0.15) is 0 Å². The van der Waals surface area contributed by atoms with Gasteiger partial charge in [-0.3, -0.25) is 0 Å². The summed E-state index contributed by atoms with van der Waals surface area (Å²) < 4.78 is 0.956. The monoisotopic (exact) mass is 240 g/mol. The van der Waals surface area contributed by atoms with Gasteiger partial charge in [0.1, 0.15) is 5.82 Å². The highest BCUT2D eigenvalue weighted by Crippen LogP contribution is 2.50. The Morgan fingerprint density at radius 2 is 2.00 bits per heavy atom. The maximum absolute atomic E-state index is 4.31. The Labute approximate surface area is 86.9 Å². The van der Waals surface area contributed by atoms with Crippen LogP contribution in [-0.4, -0.2) is 9.97 Å². The number of aromatic nitrogens is 2. The normalized spacial score (nSPS) is 26.5. The van der Waals surface area contributed by atoms with Crippen LogP contribution in [0.15, 0.2) is 16.9 Å². The molecule has 0 bridgehead atoms. The minimum atomic E-state index is 0.619. The molecule has 0 radical (unpaired) electrons. The summed E-state index contributed by atoms with van der Waals surface area (Å²) in [7, 11) is 0. The molecule has 70 valence electrons. The van der Waals surface area contributed by atoms with Crippen LogP contribution in [0.5, 0.6) is 0 Å². The Morgan fingerprint density at radius 1 is 1.38 bits per heavy atom. The van der Waals surface area contributed by atoms with E-state index in [1.165, 1.54) is 6.42 Å².